The number of likely N-dealkylation sites (N-methyl/N-ethyl adjacent to an activating group) is 1. The van der Waals surface area contributed by atoms with Gasteiger partial charge in [0.1, 0.15) is 18.1 Å². The van der Waals surface area contributed by atoms with E-state index in [1.165, 1.54) is 27.1 Å². The number of benzene rings is 4. The minimum atomic E-state index is 0.240. The molecule has 4 aromatic carbocycles. The summed E-state index contributed by atoms with van der Waals surface area (Å²) in [5.41, 5.74) is 2.33. The molecule has 0 amide bonds. The van der Waals surface area contributed by atoms with Crippen LogP contribution in [-0.4, -0.2) is 33.1 Å². The number of nitrogens with one attached hydrogen (secondary N) is 1. The molecule has 1 N–H and O–H groups in total. The van der Waals surface area contributed by atoms with Gasteiger partial charge in [0.05, 0.1) is 0 Å². The Kier molecular flexibility index (Phi) is 7.59. The van der Waals surface area contributed by atoms with Crippen LogP contribution in [0, 0.1) is 0 Å². The van der Waals surface area contributed by atoms with Gasteiger partial charge < -0.3 is 19.5 Å². The molecule has 0 fully saturated rings. The first-order valence-electron chi connectivity index (χ1n) is 11.4. The van der Waals surface area contributed by atoms with Gasteiger partial charge in [-0.05, 0) is 47.1 Å². The van der Waals surface area contributed by atoms with Crippen molar-refractivity contribution in [1.29, 1.82) is 0 Å². The third-order valence-electron chi connectivity index (χ3n) is 5.64. The van der Waals surface area contributed by atoms with Crippen LogP contribution in [0.15, 0.2) is 72.8 Å². The van der Waals surface area contributed by atoms with Gasteiger partial charge in [-0.15, -0.1) is 0 Å². The van der Waals surface area contributed by atoms with Crippen LogP contribution in [0.3, 0.4) is 0 Å². The second kappa shape index (κ2) is 11.0. The average molecular weight is 430 g/mol. The van der Waals surface area contributed by atoms with Gasteiger partial charge in [-0.25, -0.2) is 0 Å². The topological polar surface area (TPSA) is 39.7 Å². The van der Waals surface area contributed by atoms with Gasteiger partial charge in [0.2, 0.25) is 0 Å². The molecule has 0 spiro atoms. The lowest BCUT2D eigenvalue weighted by atomic mass is 9.93. The maximum Gasteiger partial charge on any atom is 0.189 e. The quantitative estimate of drug-likeness (QED) is 0.236. The van der Waals surface area contributed by atoms with Crippen molar-refractivity contribution in [3.63, 3.8) is 0 Å². The highest BCUT2D eigenvalue weighted by atomic mass is 16.7. The minimum Gasteiger partial charge on any atom is -0.492 e. The molecular formula is C28H31NO3. The van der Waals surface area contributed by atoms with Crippen LogP contribution in [0.1, 0.15) is 25.0 Å². The zero-order chi connectivity index (χ0) is 22.2. The van der Waals surface area contributed by atoms with E-state index in [1.54, 1.807) is 0 Å². The van der Waals surface area contributed by atoms with Crippen molar-refractivity contribution < 1.29 is 14.2 Å². The van der Waals surface area contributed by atoms with Crippen molar-refractivity contribution >= 4 is 21.5 Å². The van der Waals surface area contributed by atoms with Gasteiger partial charge in [0, 0.05) is 30.7 Å². The summed E-state index contributed by atoms with van der Waals surface area (Å²) in [6, 6.07) is 25.3. The summed E-state index contributed by atoms with van der Waals surface area (Å²) in [6.45, 7) is 7.32. The maximum atomic E-state index is 6.24. The molecule has 0 aliphatic heterocycles. The fraction of sp³-hybridized carbons (Fsp3) is 0.286. The Bertz CT molecular complexity index is 1170. The number of fused-ring (bicyclic) bond motifs is 2. The Balaban J connectivity index is 1.78. The third kappa shape index (κ3) is 5.04. The van der Waals surface area contributed by atoms with Gasteiger partial charge in [-0.2, -0.15) is 0 Å². The van der Waals surface area contributed by atoms with Gasteiger partial charge in [0.25, 0.3) is 0 Å². The lowest BCUT2D eigenvalue weighted by molar-refractivity contribution is 0.0220. The molecule has 0 aliphatic rings. The van der Waals surface area contributed by atoms with Crippen LogP contribution in [-0.2, 0) is 11.2 Å². The molecule has 4 heteroatoms. The van der Waals surface area contributed by atoms with Crippen molar-refractivity contribution in [1.82, 2.24) is 5.32 Å². The number of hydrogen-bond acceptors (Lipinski definition) is 4. The first-order valence-corrected chi connectivity index (χ1v) is 11.4. The van der Waals surface area contributed by atoms with Gasteiger partial charge in [0.15, 0.2) is 6.79 Å². The van der Waals surface area contributed by atoms with Crippen molar-refractivity contribution in [2.24, 2.45) is 0 Å². The molecule has 4 aromatic rings. The van der Waals surface area contributed by atoms with Crippen LogP contribution >= 0.6 is 0 Å². The van der Waals surface area contributed by atoms with Gasteiger partial charge in [-0.3, -0.25) is 0 Å². The second-order valence-electron chi connectivity index (χ2n) is 7.66. The molecule has 0 aliphatic carbocycles. The Hall–Kier alpha value is -3.08. The standard InChI is InChI=1S/C28H31NO3/c1-3-29-17-18-31-27-15-13-21-9-5-7-11-23(21)25(27)19-26-24-12-8-6-10-22(24)14-16-28(26)32-20-30-4-2/h5-16,29H,3-4,17-20H2,1-2H3. The molecule has 0 saturated carbocycles. The zero-order valence-corrected chi connectivity index (χ0v) is 18.9. The van der Waals surface area contributed by atoms with E-state index in [4.69, 9.17) is 14.2 Å². The Morgan fingerprint density at radius 2 is 1.28 bits per heavy atom. The van der Waals surface area contributed by atoms with Crippen LogP contribution in [0.2, 0.25) is 0 Å². The summed E-state index contributed by atoms with van der Waals surface area (Å²) in [7, 11) is 0. The summed E-state index contributed by atoms with van der Waals surface area (Å²) >= 11 is 0. The minimum absolute atomic E-state index is 0.240. The highest BCUT2D eigenvalue weighted by Crippen LogP contribution is 2.36. The predicted molar refractivity (Wildman–Crippen MR) is 132 cm³/mol. The lowest BCUT2D eigenvalue weighted by Gasteiger charge is -2.18. The Morgan fingerprint density at radius 3 is 1.88 bits per heavy atom. The number of ether oxygens (including phenoxy) is 3. The van der Waals surface area contributed by atoms with E-state index >= 15 is 0 Å². The molecule has 4 nitrogen and oxygen atoms in total. The van der Waals surface area contributed by atoms with Crippen LogP contribution in [0.4, 0.5) is 0 Å². The van der Waals surface area contributed by atoms with Crippen molar-refractivity contribution in [2.75, 3.05) is 33.1 Å². The van der Waals surface area contributed by atoms with Crippen molar-refractivity contribution in [3.05, 3.63) is 83.9 Å². The first-order chi connectivity index (χ1) is 15.8. The number of rotatable bonds is 11. The lowest BCUT2D eigenvalue weighted by Crippen LogP contribution is -2.20. The van der Waals surface area contributed by atoms with Crippen LogP contribution in [0.5, 0.6) is 11.5 Å². The summed E-state index contributed by atoms with van der Waals surface area (Å²) in [5, 5.41) is 8.12. The van der Waals surface area contributed by atoms with E-state index in [1.807, 2.05) is 13.0 Å². The zero-order valence-electron chi connectivity index (χ0n) is 18.9. The third-order valence-corrected chi connectivity index (χ3v) is 5.64. The highest BCUT2D eigenvalue weighted by Gasteiger charge is 2.16. The molecule has 166 valence electrons. The molecule has 0 heterocycles. The second-order valence-corrected chi connectivity index (χ2v) is 7.66. The maximum absolute atomic E-state index is 6.24. The average Bonchev–Trinajstić information content (AvgIpc) is 2.84. The first kappa shape index (κ1) is 22.1. The van der Waals surface area contributed by atoms with Crippen molar-refractivity contribution in [2.45, 2.75) is 20.3 Å². The molecule has 0 unspecified atom stereocenters. The van der Waals surface area contributed by atoms with Gasteiger partial charge in [-0.1, -0.05) is 67.6 Å². The fourth-order valence-electron chi connectivity index (χ4n) is 4.04. The molecule has 0 aromatic heterocycles. The molecule has 0 atom stereocenters. The molecule has 0 saturated heterocycles. The summed E-state index contributed by atoms with van der Waals surface area (Å²) < 4.78 is 17.8. The fourth-order valence-corrected chi connectivity index (χ4v) is 4.04. The van der Waals surface area contributed by atoms with Gasteiger partial charge >= 0.3 is 0 Å². The van der Waals surface area contributed by atoms with E-state index in [0.717, 1.165) is 30.2 Å². The number of hydrogen-bond donors (Lipinski definition) is 1. The summed E-state index contributed by atoms with van der Waals surface area (Å²) in [6.07, 6.45) is 0.709. The monoisotopic (exact) mass is 429 g/mol. The SMILES string of the molecule is CCNCCOc1ccc2ccccc2c1Cc1c(OCOCC)ccc2ccccc12. The molecule has 32 heavy (non-hydrogen) atoms. The molecule has 4 rings (SSSR count). The van der Waals surface area contributed by atoms with Crippen LogP contribution in [0.25, 0.3) is 21.5 Å². The summed E-state index contributed by atoms with van der Waals surface area (Å²) in [5.74, 6) is 1.77. The van der Waals surface area contributed by atoms with E-state index in [0.29, 0.717) is 19.6 Å². The smallest absolute Gasteiger partial charge is 0.189 e. The molecule has 0 bridgehead atoms. The van der Waals surface area contributed by atoms with Crippen molar-refractivity contribution in [3.8, 4) is 11.5 Å². The largest absolute Gasteiger partial charge is 0.492 e. The van der Waals surface area contributed by atoms with E-state index in [9.17, 15) is 0 Å². The predicted octanol–water partition coefficient (Wildman–Crippen LogP) is 5.94. The van der Waals surface area contributed by atoms with E-state index in [2.05, 4.69) is 79.0 Å². The molecule has 0 radical (unpaired) electrons. The van der Waals surface area contributed by atoms with E-state index in [-0.39, 0.29) is 6.79 Å². The Morgan fingerprint density at radius 1 is 0.688 bits per heavy atom. The highest BCUT2D eigenvalue weighted by molar-refractivity contribution is 5.91. The summed E-state index contributed by atoms with van der Waals surface area (Å²) in [4.78, 5) is 0. The normalized spacial score (nSPS) is 11.2. The Labute approximate surface area is 190 Å². The molecular weight excluding hydrogens is 398 g/mol. The van der Waals surface area contributed by atoms with E-state index < -0.39 is 0 Å². The van der Waals surface area contributed by atoms with Crippen LogP contribution < -0.4 is 14.8 Å².